The van der Waals surface area contributed by atoms with Crippen LogP contribution >= 0.6 is 0 Å². The lowest BCUT2D eigenvalue weighted by atomic mass is 10.1. The Labute approximate surface area is 155 Å². The number of pyridine rings is 2. The van der Waals surface area contributed by atoms with Crippen LogP contribution in [0.4, 0.5) is 21.7 Å². The quantitative estimate of drug-likeness (QED) is 0.619. The molecule has 3 rings (SSSR count). The second kappa shape index (κ2) is 7.66. The standard InChI is InChI=1S/C19H17FN6O/c1-2-16(17(22)27)25-19-15(20)8-12(9-21)18(26-19)24-14-4-3-11-5-6-23-10-13(11)7-14/h3-8,10,16H,2H2,1H3,(H2,22,27)(H2,24,25,26)/t16-/m1/s1. The minimum Gasteiger partial charge on any atom is -0.368 e. The number of primary amides is 1. The van der Waals surface area contributed by atoms with Crippen molar-refractivity contribution in [1.82, 2.24) is 9.97 Å². The molecule has 4 N–H and O–H groups in total. The number of rotatable bonds is 6. The molecule has 7 nitrogen and oxygen atoms in total. The predicted molar refractivity (Wildman–Crippen MR) is 101 cm³/mol. The molecule has 0 spiro atoms. The molecular weight excluding hydrogens is 347 g/mol. The van der Waals surface area contributed by atoms with Crippen LogP contribution in [0.5, 0.6) is 0 Å². The summed E-state index contributed by atoms with van der Waals surface area (Å²) in [7, 11) is 0. The highest BCUT2D eigenvalue weighted by molar-refractivity contribution is 5.86. The van der Waals surface area contributed by atoms with Gasteiger partial charge < -0.3 is 16.4 Å². The van der Waals surface area contributed by atoms with Gasteiger partial charge in [-0.1, -0.05) is 13.0 Å². The SMILES string of the molecule is CC[C@@H](Nc1nc(Nc2ccc3ccncc3c2)c(C#N)cc1F)C(N)=O. The third-order valence-electron chi connectivity index (χ3n) is 4.06. The summed E-state index contributed by atoms with van der Waals surface area (Å²) < 4.78 is 14.3. The van der Waals surface area contributed by atoms with E-state index in [9.17, 15) is 14.4 Å². The number of carbonyl (C=O) groups excluding carboxylic acids is 1. The van der Waals surface area contributed by atoms with E-state index in [0.717, 1.165) is 16.8 Å². The molecule has 1 aromatic carbocycles. The van der Waals surface area contributed by atoms with Gasteiger partial charge in [0.2, 0.25) is 5.91 Å². The third kappa shape index (κ3) is 3.93. The van der Waals surface area contributed by atoms with Crippen LogP contribution < -0.4 is 16.4 Å². The van der Waals surface area contributed by atoms with Gasteiger partial charge in [-0.05, 0) is 36.1 Å². The Morgan fingerprint density at radius 3 is 2.81 bits per heavy atom. The van der Waals surface area contributed by atoms with E-state index in [0.29, 0.717) is 12.1 Å². The first-order valence-corrected chi connectivity index (χ1v) is 8.29. The fourth-order valence-electron chi connectivity index (χ4n) is 2.61. The van der Waals surface area contributed by atoms with Crippen LogP contribution in [-0.2, 0) is 4.79 Å². The minimum absolute atomic E-state index is 0.0384. The Morgan fingerprint density at radius 2 is 2.11 bits per heavy atom. The molecule has 136 valence electrons. The van der Waals surface area contributed by atoms with E-state index < -0.39 is 17.8 Å². The molecule has 0 aliphatic carbocycles. The Kier molecular flexibility index (Phi) is 5.13. The maximum atomic E-state index is 14.3. The van der Waals surface area contributed by atoms with Crippen LogP contribution in [0.15, 0.2) is 42.7 Å². The fraction of sp³-hybridized carbons (Fsp3) is 0.158. The maximum Gasteiger partial charge on any atom is 0.239 e. The molecule has 2 heterocycles. The number of nitrogens with one attached hydrogen (secondary N) is 2. The van der Waals surface area contributed by atoms with Gasteiger partial charge >= 0.3 is 0 Å². The molecule has 0 unspecified atom stereocenters. The molecule has 1 amide bonds. The van der Waals surface area contributed by atoms with Crippen molar-refractivity contribution in [2.24, 2.45) is 5.73 Å². The van der Waals surface area contributed by atoms with Gasteiger partial charge in [0.1, 0.15) is 12.1 Å². The summed E-state index contributed by atoms with van der Waals surface area (Å²) in [5, 5.41) is 16.9. The Balaban J connectivity index is 1.96. The first kappa shape index (κ1) is 18.1. The average molecular weight is 364 g/mol. The van der Waals surface area contributed by atoms with Gasteiger partial charge in [-0.25, -0.2) is 9.37 Å². The van der Waals surface area contributed by atoms with E-state index in [-0.39, 0.29) is 17.2 Å². The molecule has 1 atom stereocenters. The summed E-state index contributed by atoms with van der Waals surface area (Å²) in [5.41, 5.74) is 5.99. The van der Waals surface area contributed by atoms with Crippen molar-refractivity contribution in [1.29, 1.82) is 5.26 Å². The lowest BCUT2D eigenvalue weighted by Gasteiger charge is -2.16. The van der Waals surface area contributed by atoms with Crippen LogP contribution in [0.25, 0.3) is 10.8 Å². The van der Waals surface area contributed by atoms with E-state index in [4.69, 9.17) is 5.73 Å². The van der Waals surface area contributed by atoms with Crippen LogP contribution in [0.2, 0.25) is 0 Å². The Hall–Kier alpha value is -3.73. The number of hydrogen-bond donors (Lipinski definition) is 3. The number of amides is 1. The molecule has 0 saturated carbocycles. The lowest BCUT2D eigenvalue weighted by Crippen LogP contribution is -2.35. The predicted octanol–water partition coefficient (Wildman–Crippen LogP) is 3.06. The number of fused-ring (bicyclic) bond motifs is 1. The fourth-order valence-corrected chi connectivity index (χ4v) is 2.61. The van der Waals surface area contributed by atoms with Crippen molar-refractivity contribution in [3.05, 3.63) is 54.1 Å². The van der Waals surface area contributed by atoms with Crippen molar-refractivity contribution in [3.63, 3.8) is 0 Å². The molecule has 27 heavy (non-hydrogen) atoms. The molecule has 0 aliphatic rings. The van der Waals surface area contributed by atoms with Crippen LogP contribution in [0.1, 0.15) is 18.9 Å². The highest BCUT2D eigenvalue weighted by atomic mass is 19.1. The van der Waals surface area contributed by atoms with E-state index in [1.54, 1.807) is 19.3 Å². The number of nitrogens with zero attached hydrogens (tertiary/aromatic N) is 3. The zero-order valence-electron chi connectivity index (χ0n) is 14.5. The second-order valence-electron chi connectivity index (χ2n) is 5.90. The van der Waals surface area contributed by atoms with Crippen LogP contribution in [0, 0.1) is 17.1 Å². The van der Waals surface area contributed by atoms with Gasteiger partial charge in [-0.3, -0.25) is 9.78 Å². The molecule has 0 aliphatic heterocycles. The first-order chi connectivity index (χ1) is 13.0. The Morgan fingerprint density at radius 1 is 1.30 bits per heavy atom. The lowest BCUT2D eigenvalue weighted by molar-refractivity contribution is -0.118. The van der Waals surface area contributed by atoms with Gasteiger partial charge in [0.15, 0.2) is 17.5 Å². The van der Waals surface area contributed by atoms with Gasteiger partial charge in [0, 0.05) is 23.5 Å². The molecule has 0 fully saturated rings. The van der Waals surface area contributed by atoms with Gasteiger partial charge in [0.25, 0.3) is 0 Å². The molecular formula is C19H17FN6O. The molecule has 0 radical (unpaired) electrons. The van der Waals surface area contributed by atoms with Crippen LogP contribution in [0.3, 0.4) is 0 Å². The van der Waals surface area contributed by atoms with E-state index in [1.165, 1.54) is 0 Å². The normalized spacial score (nSPS) is 11.6. The first-order valence-electron chi connectivity index (χ1n) is 8.29. The number of benzene rings is 1. The maximum absolute atomic E-state index is 14.3. The monoisotopic (exact) mass is 364 g/mol. The number of nitrogens with two attached hydrogens (primary N) is 1. The summed E-state index contributed by atoms with van der Waals surface area (Å²) in [6, 6.07) is 9.66. The number of aromatic nitrogens is 2. The Bertz CT molecular complexity index is 1050. The van der Waals surface area contributed by atoms with Gasteiger partial charge in [0.05, 0.1) is 5.56 Å². The topological polar surface area (TPSA) is 117 Å². The number of hydrogen-bond acceptors (Lipinski definition) is 6. The van der Waals surface area contributed by atoms with E-state index in [2.05, 4.69) is 20.6 Å². The van der Waals surface area contributed by atoms with Gasteiger partial charge in [-0.15, -0.1) is 0 Å². The third-order valence-corrected chi connectivity index (χ3v) is 4.06. The molecule has 3 aromatic rings. The molecule has 2 aromatic heterocycles. The molecule has 0 saturated heterocycles. The summed E-state index contributed by atoms with van der Waals surface area (Å²) in [6.45, 7) is 1.74. The highest BCUT2D eigenvalue weighted by Gasteiger charge is 2.18. The zero-order valence-corrected chi connectivity index (χ0v) is 14.5. The van der Waals surface area contributed by atoms with E-state index in [1.807, 2.05) is 30.3 Å². The highest BCUT2D eigenvalue weighted by Crippen LogP contribution is 2.26. The summed E-state index contributed by atoms with van der Waals surface area (Å²) >= 11 is 0. The number of anilines is 3. The average Bonchev–Trinajstić information content (AvgIpc) is 2.67. The van der Waals surface area contributed by atoms with E-state index >= 15 is 0 Å². The largest absolute Gasteiger partial charge is 0.368 e. The van der Waals surface area contributed by atoms with Crippen molar-refractivity contribution in [2.45, 2.75) is 19.4 Å². The smallest absolute Gasteiger partial charge is 0.239 e. The van der Waals surface area contributed by atoms with Crippen molar-refractivity contribution >= 4 is 34.0 Å². The minimum atomic E-state index is -0.764. The second-order valence-corrected chi connectivity index (χ2v) is 5.90. The van der Waals surface area contributed by atoms with Crippen LogP contribution in [-0.4, -0.2) is 21.9 Å². The van der Waals surface area contributed by atoms with Crippen molar-refractivity contribution < 1.29 is 9.18 Å². The van der Waals surface area contributed by atoms with Gasteiger partial charge in [-0.2, -0.15) is 5.26 Å². The molecule has 0 bridgehead atoms. The summed E-state index contributed by atoms with van der Waals surface area (Å²) in [6.07, 6.45) is 3.79. The number of carbonyl (C=O) groups is 1. The molecule has 8 heteroatoms. The number of halogens is 1. The van der Waals surface area contributed by atoms with Crippen molar-refractivity contribution in [3.8, 4) is 6.07 Å². The zero-order chi connectivity index (χ0) is 19.4. The van der Waals surface area contributed by atoms with Crippen molar-refractivity contribution in [2.75, 3.05) is 10.6 Å². The number of nitriles is 1. The summed E-state index contributed by atoms with van der Waals surface area (Å²) in [5.74, 6) is -1.33. The summed E-state index contributed by atoms with van der Waals surface area (Å²) in [4.78, 5) is 19.6.